The largest absolute Gasteiger partial charge is 0.477 e. The summed E-state index contributed by atoms with van der Waals surface area (Å²) in [7, 11) is 0. The van der Waals surface area contributed by atoms with E-state index in [0.717, 1.165) is 0 Å². The summed E-state index contributed by atoms with van der Waals surface area (Å²) in [4.78, 5) is 14.8. The molecule has 0 atom stereocenters. The molecule has 0 aromatic carbocycles. The van der Waals surface area contributed by atoms with Gasteiger partial charge in [0.25, 0.3) is 0 Å². The zero-order valence-corrected chi connectivity index (χ0v) is 8.38. The molecule has 0 spiro atoms. The fourth-order valence-electron chi connectivity index (χ4n) is 1.46. The van der Waals surface area contributed by atoms with Gasteiger partial charge >= 0.3 is 5.97 Å². The Morgan fingerprint density at radius 2 is 2.12 bits per heavy atom. The number of fused-ring (bicyclic) bond motifs is 1. The van der Waals surface area contributed by atoms with Crippen LogP contribution in [0.1, 0.15) is 10.5 Å². The molecule has 0 unspecified atom stereocenters. The highest BCUT2D eigenvalue weighted by molar-refractivity contribution is 5.87. The molecule has 3 heterocycles. The molecule has 3 aromatic rings. The monoisotopic (exact) mass is 230 g/mol. The Morgan fingerprint density at radius 3 is 2.88 bits per heavy atom. The number of hydrogen-bond donors (Lipinski definition) is 3. The highest BCUT2D eigenvalue weighted by Gasteiger charge is 2.10. The van der Waals surface area contributed by atoms with Gasteiger partial charge in [0.05, 0.1) is 5.69 Å². The van der Waals surface area contributed by atoms with E-state index in [2.05, 4.69) is 30.6 Å². The summed E-state index contributed by atoms with van der Waals surface area (Å²) in [5, 5.41) is 25.3. The first-order valence-corrected chi connectivity index (χ1v) is 4.69. The molecule has 3 rings (SSSR count). The van der Waals surface area contributed by atoms with Crippen molar-refractivity contribution in [1.29, 1.82) is 0 Å². The lowest BCUT2D eigenvalue weighted by Gasteiger charge is -1.93. The highest BCUT2D eigenvalue weighted by atomic mass is 16.4. The first-order chi connectivity index (χ1) is 8.24. The molecule has 0 aliphatic carbocycles. The number of rotatable bonds is 2. The molecule has 17 heavy (non-hydrogen) atoms. The van der Waals surface area contributed by atoms with Crippen molar-refractivity contribution in [1.82, 2.24) is 30.6 Å². The van der Waals surface area contributed by atoms with E-state index in [1.54, 1.807) is 12.3 Å². The van der Waals surface area contributed by atoms with Crippen molar-refractivity contribution in [2.24, 2.45) is 0 Å². The van der Waals surface area contributed by atoms with Gasteiger partial charge in [0.2, 0.25) is 5.65 Å². The van der Waals surface area contributed by atoms with E-state index in [1.807, 2.05) is 0 Å². The summed E-state index contributed by atoms with van der Waals surface area (Å²) >= 11 is 0. The number of carboxylic acid groups (broad SMARTS) is 1. The van der Waals surface area contributed by atoms with Crippen LogP contribution in [0.4, 0.5) is 0 Å². The number of aromatic nitrogens is 6. The maximum atomic E-state index is 10.7. The quantitative estimate of drug-likeness (QED) is 0.587. The number of carbonyl (C=O) groups is 1. The Labute approximate surface area is 93.7 Å². The maximum absolute atomic E-state index is 10.7. The van der Waals surface area contributed by atoms with E-state index in [1.165, 1.54) is 6.07 Å². The van der Waals surface area contributed by atoms with Crippen LogP contribution in [0.25, 0.3) is 22.4 Å². The highest BCUT2D eigenvalue weighted by Crippen LogP contribution is 2.19. The van der Waals surface area contributed by atoms with E-state index in [4.69, 9.17) is 5.11 Å². The van der Waals surface area contributed by atoms with Gasteiger partial charge in [0.15, 0.2) is 0 Å². The molecule has 0 bridgehead atoms. The number of nitrogens with one attached hydrogen (secondary N) is 2. The molecule has 0 saturated heterocycles. The molecule has 0 aliphatic heterocycles. The minimum absolute atomic E-state index is 0.0280. The molecule has 0 aliphatic rings. The molecule has 3 N–H and O–H groups in total. The summed E-state index contributed by atoms with van der Waals surface area (Å²) in [6.45, 7) is 0. The minimum atomic E-state index is -1.06. The second-order valence-corrected chi connectivity index (χ2v) is 3.36. The van der Waals surface area contributed by atoms with Crippen LogP contribution in [0.2, 0.25) is 0 Å². The van der Waals surface area contributed by atoms with E-state index in [-0.39, 0.29) is 5.69 Å². The van der Waals surface area contributed by atoms with Gasteiger partial charge in [-0.1, -0.05) is 0 Å². The summed E-state index contributed by atoms with van der Waals surface area (Å²) in [5.41, 5.74) is 2.31. The van der Waals surface area contributed by atoms with Crippen molar-refractivity contribution in [3.8, 4) is 11.3 Å². The van der Waals surface area contributed by atoms with Crippen molar-refractivity contribution >= 4 is 17.1 Å². The molecular weight excluding hydrogens is 224 g/mol. The molecule has 84 valence electrons. The lowest BCUT2D eigenvalue weighted by atomic mass is 10.2. The first-order valence-electron chi connectivity index (χ1n) is 4.69. The number of H-pyrrole nitrogens is 2. The number of aromatic amines is 2. The Kier molecular flexibility index (Phi) is 1.87. The Morgan fingerprint density at radius 1 is 1.24 bits per heavy atom. The number of nitrogens with zero attached hydrogens (tertiary/aromatic N) is 4. The van der Waals surface area contributed by atoms with Gasteiger partial charge in [0.1, 0.15) is 11.2 Å². The first kappa shape index (κ1) is 9.46. The van der Waals surface area contributed by atoms with Crippen LogP contribution >= 0.6 is 0 Å². The van der Waals surface area contributed by atoms with Crippen molar-refractivity contribution in [2.75, 3.05) is 0 Å². The van der Waals surface area contributed by atoms with Crippen LogP contribution in [-0.2, 0) is 0 Å². The predicted molar refractivity (Wildman–Crippen MR) is 56.2 cm³/mol. The molecule has 8 nitrogen and oxygen atoms in total. The Hall–Kier alpha value is -2.77. The van der Waals surface area contributed by atoms with Gasteiger partial charge in [-0.15, -0.1) is 5.10 Å². The summed E-state index contributed by atoms with van der Waals surface area (Å²) in [5.74, 6) is -1.06. The van der Waals surface area contributed by atoms with Crippen LogP contribution in [0, 0.1) is 0 Å². The number of pyridine rings is 1. The van der Waals surface area contributed by atoms with Gasteiger partial charge < -0.3 is 5.11 Å². The number of aromatic carboxylic acids is 1. The third kappa shape index (κ3) is 1.51. The molecule has 8 heteroatoms. The van der Waals surface area contributed by atoms with Crippen LogP contribution < -0.4 is 0 Å². The molecule has 3 aromatic heterocycles. The van der Waals surface area contributed by atoms with E-state index >= 15 is 0 Å². The zero-order chi connectivity index (χ0) is 11.8. The molecular formula is C9H6N6O2. The van der Waals surface area contributed by atoms with Gasteiger partial charge in [-0.3, -0.25) is 5.10 Å². The average molecular weight is 230 g/mol. The van der Waals surface area contributed by atoms with Gasteiger partial charge in [-0.25, -0.2) is 9.78 Å². The number of carboxylic acids is 1. The molecule has 0 amide bonds. The fraction of sp³-hybridized carbons (Fsp3) is 0. The second-order valence-electron chi connectivity index (χ2n) is 3.36. The topological polar surface area (TPSA) is 120 Å². The van der Waals surface area contributed by atoms with Gasteiger partial charge in [-0.05, 0) is 12.1 Å². The lowest BCUT2D eigenvalue weighted by molar-refractivity contribution is 0.0690. The fourth-order valence-corrected chi connectivity index (χ4v) is 1.46. The normalized spacial score (nSPS) is 10.8. The Bertz CT molecular complexity index is 700. The van der Waals surface area contributed by atoms with Gasteiger partial charge in [-0.2, -0.15) is 15.4 Å². The Balaban J connectivity index is 2.09. The van der Waals surface area contributed by atoms with Crippen LogP contribution in [0.3, 0.4) is 0 Å². The second kappa shape index (κ2) is 3.37. The standard InChI is InChI=1S/C9H6N6O2/c16-9(17)7-2-5(11-12-7)4-1-6-8(10-3-4)14-15-13-6/h1-3H,(H,11,12)(H,16,17)(H,10,13,14,15). The third-order valence-corrected chi connectivity index (χ3v) is 2.28. The van der Waals surface area contributed by atoms with Crippen molar-refractivity contribution in [3.63, 3.8) is 0 Å². The molecule has 0 fully saturated rings. The molecule has 0 radical (unpaired) electrons. The van der Waals surface area contributed by atoms with Crippen LogP contribution in [0.15, 0.2) is 18.3 Å². The smallest absolute Gasteiger partial charge is 0.353 e. The predicted octanol–water partition coefficient (Wildman–Crippen LogP) is 0.441. The van der Waals surface area contributed by atoms with E-state index < -0.39 is 5.97 Å². The summed E-state index contributed by atoms with van der Waals surface area (Å²) in [6.07, 6.45) is 1.56. The summed E-state index contributed by atoms with van der Waals surface area (Å²) in [6, 6.07) is 3.17. The van der Waals surface area contributed by atoms with Crippen LogP contribution in [0.5, 0.6) is 0 Å². The zero-order valence-electron chi connectivity index (χ0n) is 8.38. The van der Waals surface area contributed by atoms with E-state index in [9.17, 15) is 4.79 Å². The molecule has 0 saturated carbocycles. The number of hydrogen-bond acceptors (Lipinski definition) is 5. The van der Waals surface area contributed by atoms with Crippen LogP contribution in [-0.4, -0.2) is 41.7 Å². The maximum Gasteiger partial charge on any atom is 0.353 e. The van der Waals surface area contributed by atoms with Crippen molar-refractivity contribution in [2.45, 2.75) is 0 Å². The van der Waals surface area contributed by atoms with Gasteiger partial charge in [0, 0.05) is 11.8 Å². The van der Waals surface area contributed by atoms with E-state index in [0.29, 0.717) is 22.4 Å². The van der Waals surface area contributed by atoms with Crippen molar-refractivity contribution in [3.05, 3.63) is 24.0 Å². The minimum Gasteiger partial charge on any atom is -0.477 e. The lowest BCUT2D eigenvalue weighted by Crippen LogP contribution is -1.95. The summed E-state index contributed by atoms with van der Waals surface area (Å²) < 4.78 is 0. The third-order valence-electron chi connectivity index (χ3n) is 2.28. The SMILES string of the molecule is O=C(O)c1cc(-c2cnc3n[nH]nc3c2)n[nH]1. The average Bonchev–Trinajstić information content (AvgIpc) is 2.97. The van der Waals surface area contributed by atoms with Crippen molar-refractivity contribution < 1.29 is 9.90 Å².